The molecule has 15 heavy (non-hydrogen) atoms. The van der Waals surface area contributed by atoms with Gasteiger partial charge in [-0.05, 0) is 13.0 Å². The average molecular weight is 207 g/mol. The van der Waals surface area contributed by atoms with E-state index in [4.69, 9.17) is 0 Å². The van der Waals surface area contributed by atoms with Gasteiger partial charge in [-0.3, -0.25) is 9.67 Å². The van der Waals surface area contributed by atoms with E-state index < -0.39 is 0 Å². The third-order valence-electron chi connectivity index (χ3n) is 1.64. The van der Waals surface area contributed by atoms with E-state index in [2.05, 4.69) is 10.1 Å². The molecule has 3 nitrogen and oxygen atoms in total. The second-order valence-electron chi connectivity index (χ2n) is 2.69. The highest BCUT2D eigenvalue weighted by Gasteiger charge is 1.97. The minimum Gasteiger partial charge on any atom is -0.275 e. The second-order valence-corrected chi connectivity index (χ2v) is 2.69. The molecule has 0 radical (unpaired) electrons. The molecule has 0 amide bonds. The quantitative estimate of drug-likeness (QED) is 0.663. The topological polar surface area (TPSA) is 30.7 Å². The van der Waals surface area contributed by atoms with Gasteiger partial charge in [-0.1, -0.05) is 27.7 Å². The normalized spacial score (nSPS) is 8.67. The summed E-state index contributed by atoms with van der Waals surface area (Å²) in [5, 5.41) is 5.36. The summed E-state index contributed by atoms with van der Waals surface area (Å²) in [5.74, 6) is 0. The molecule has 2 rings (SSSR count). The zero-order valence-corrected chi connectivity index (χ0v) is 10.6. The van der Waals surface area contributed by atoms with Crippen LogP contribution in [0.25, 0.3) is 10.9 Å². The first-order valence-electron chi connectivity index (χ1n) is 5.52. The first-order valence-corrected chi connectivity index (χ1v) is 5.52. The lowest BCUT2D eigenvalue weighted by Gasteiger charge is -1.87. The Morgan fingerprint density at radius 2 is 1.73 bits per heavy atom. The van der Waals surface area contributed by atoms with E-state index in [1.165, 1.54) is 0 Å². The Hall–Kier alpha value is -1.38. The number of hydrogen-bond acceptors (Lipinski definition) is 2. The van der Waals surface area contributed by atoms with E-state index in [9.17, 15) is 0 Å². The summed E-state index contributed by atoms with van der Waals surface area (Å²) in [6.07, 6.45) is 3.79. The summed E-state index contributed by atoms with van der Waals surface area (Å²) in [6, 6.07) is 2.03. The highest BCUT2D eigenvalue weighted by atomic mass is 15.2. The van der Waals surface area contributed by atoms with E-state index in [1.807, 2.05) is 53.9 Å². The largest absolute Gasteiger partial charge is 0.275 e. The van der Waals surface area contributed by atoms with Gasteiger partial charge in [0.1, 0.15) is 5.52 Å². The smallest absolute Gasteiger partial charge is 0.111 e. The SMILES string of the molecule is CC.CC.Cc1cc2cn(C)nc2cn1. The van der Waals surface area contributed by atoms with Crippen LogP contribution in [0.1, 0.15) is 33.4 Å². The fourth-order valence-electron chi connectivity index (χ4n) is 1.16. The molecule has 0 atom stereocenters. The maximum atomic E-state index is 4.21. The maximum absolute atomic E-state index is 4.21. The Morgan fingerprint density at radius 3 is 2.33 bits per heavy atom. The molecule has 0 spiro atoms. The van der Waals surface area contributed by atoms with Crippen LogP contribution in [0.3, 0.4) is 0 Å². The standard InChI is InChI=1S/C8H9N3.2C2H6/c1-6-3-7-5-11(2)10-8(7)4-9-6;2*1-2/h3-5H,1-2H3;2*1-2H3. The van der Waals surface area contributed by atoms with Gasteiger partial charge in [0.25, 0.3) is 0 Å². The van der Waals surface area contributed by atoms with Crippen molar-refractivity contribution in [1.29, 1.82) is 0 Å². The van der Waals surface area contributed by atoms with Crippen molar-refractivity contribution in [3.05, 3.63) is 24.2 Å². The summed E-state index contributed by atoms with van der Waals surface area (Å²) < 4.78 is 1.80. The number of aromatic nitrogens is 3. The van der Waals surface area contributed by atoms with Gasteiger partial charge >= 0.3 is 0 Å². The van der Waals surface area contributed by atoms with E-state index in [-0.39, 0.29) is 0 Å². The van der Waals surface area contributed by atoms with E-state index in [1.54, 1.807) is 10.9 Å². The molecule has 2 heterocycles. The van der Waals surface area contributed by atoms with E-state index in [0.717, 1.165) is 16.6 Å². The van der Waals surface area contributed by atoms with Gasteiger partial charge in [0, 0.05) is 24.3 Å². The second kappa shape index (κ2) is 6.98. The fraction of sp³-hybridized carbons (Fsp3) is 0.500. The molecule has 0 saturated carbocycles. The predicted octanol–water partition coefficient (Wildman–Crippen LogP) is 3.33. The molecule has 0 unspecified atom stereocenters. The highest BCUT2D eigenvalue weighted by molar-refractivity contribution is 5.77. The summed E-state index contributed by atoms with van der Waals surface area (Å²) in [4.78, 5) is 4.14. The molecule has 0 fully saturated rings. The Kier molecular flexibility index (Phi) is 6.34. The van der Waals surface area contributed by atoms with Crippen molar-refractivity contribution < 1.29 is 0 Å². The van der Waals surface area contributed by atoms with Gasteiger partial charge in [-0.2, -0.15) is 5.10 Å². The number of aryl methyl sites for hydroxylation is 2. The lowest BCUT2D eigenvalue weighted by atomic mass is 10.3. The third kappa shape index (κ3) is 3.70. The van der Waals surface area contributed by atoms with Crippen molar-refractivity contribution in [2.45, 2.75) is 34.6 Å². The van der Waals surface area contributed by atoms with E-state index >= 15 is 0 Å². The molecule has 2 aromatic heterocycles. The Morgan fingerprint density at radius 1 is 1.13 bits per heavy atom. The zero-order chi connectivity index (χ0) is 11.8. The molecule has 2 aromatic rings. The molecular formula is C12H21N3. The minimum atomic E-state index is 0.957. The van der Waals surface area contributed by atoms with Crippen LogP contribution in [-0.2, 0) is 7.05 Å². The predicted molar refractivity (Wildman–Crippen MR) is 65.9 cm³/mol. The zero-order valence-electron chi connectivity index (χ0n) is 10.6. The summed E-state index contributed by atoms with van der Waals surface area (Å²) >= 11 is 0. The van der Waals surface area contributed by atoms with Gasteiger partial charge in [-0.25, -0.2) is 0 Å². The van der Waals surface area contributed by atoms with Gasteiger partial charge in [0.05, 0.1) is 6.20 Å². The monoisotopic (exact) mass is 207 g/mol. The van der Waals surface area contributed by atoms with Crippen molar-refractivity contribution in [2.75, 3.05) is 0 Å². The van der Waals surface area contributed by atoms with Crippen molar-refractivity contribution >= 4 is 10.9 Å². The van der Waals surface area contributed by atoms with Crippen LogP contribution in [-0.4, -0.2) is 14.8 Å². The van der Waals surface area contributed by atoms with Crippen LogP contribution in [0, 0.1) is 6.92 Å². The number of nitrogens with zero attached hydrogens (tertiary/aromatic N) is 3. The van der Waals surface area contributed by atoms with Gasteiger partial charge in [0.2, 0.25) is 0 Å². The number of pyridine rings is 1. The van der Waals surface area contributed by atoms with Crippen molar-refractivity contribution in [1.82, 2.24) is 14.8 Å². The summed E-state index contributed by atoms with van der Waals surface area (Å²) in [5.41, 5.74) is 1.99. The Labute approximate surface area is 92.1 Å². The van der Waals surface area contributed by atoms with Crippen molar-refractivity contribution in [3.8, 4) is 0 Å². The molecular weight excluding hydrogens is 186 g/mol. The van der Waals surface area contributed by atoms with Crippen LogP contribution in [0.2, 0.25) is 0 Å². The number of hydrogen-bond donors (Lipinski definition) is 0. The highest BCUT2D eigenvalue weighted by Crippen LogP contribution is 2.10. The summed E-state index contributed by atoms with van der Waals surface area (Å²) in [6.45, 7) is 9.98. The third-order valence-corrected chi connectivity index (χ3v) is 1.64. The van der Waals surface area contributed by atoms with Crippen LogP contribution in [0.15, 0.2) is 18.5 Å². The minimum absolute atomic E-state index is 0.957. The Bertz CT molecular complexity index is 391. The summed E-state index contributed by atoms with van der Waals surface area (Å²) in [7, 11) is 1.91. The Balaban J connectivity index is 0.000000442. The molecule has 0 bridgehead atoms. The molecule has 0 N–H and O–H groups in total. The maximum Gasteiger partial charge on any atom is 0.111 e. The number of fused-ring (bicyclic) bond motifs is 1. The van der Waals surface area contributed by atoms with Gasteiger partial charge in [0.15, 0.2) is 0 Å². The fourth-order valence-corrected chi connectivity index (χ4v) is 1.16. The molecule has 0 aliphatic heterocycles. The lowest BCUT2D eigenvalue weighted by molar-refractivity contribution is 0.779. The first kappa shape index (κ1) is 13.6. The molecule has 0 aliphatic carbocycles. The van der Waals surface area contributed by atoms with Gasteiger partial charge in [-0.15, -0.1) is 0 Å². The average Bonchev–Trinajstić information content (AvgIpc) is 2.63. The molecule has 0 aromatic carbocycles. The van der Waals surface area contributed by atoms with E-state index in [0.29, 0.717) is 0 Å². The molecule has 3 heteroatoms. The van der Waals surface area contributed by atoms with Gasteiger partial charge < -0.3 is 0 Å². The van der Waals surface area contributed by atoms with Crippen LogP contribution >= 0.6 is 0 Å². The lowest BCUT2D eigenvalue weighted by Crippen LogP contribution is -1.84. The van der Waals surface area contributed by atoms with Crippen molar-refractivity contribution in [3.63, 3.8) is 0 Å². The van der Waals surface area contributed by atoms with Crippen LogP contribution in [0.4, 0.5) is 0 Å². The number of rotatable bonds is 0. The molecule has 0 aliphatic rings. The first-order chi connectivity index (χ1) is 7.25. The van der Waals surface area contributed by atoms with Crippen LogP contribution < -0.4 is 0 Å². The molecule has 0 saturated heterocycles. The molecule has 84 valence electrons. The van der Waals surface area contributed by atoms with Crippen LogP contribution in [0.5, 0.6) is 0 Å². The van der Waals surface area contributed by atoms with Crippen molar-refractivity contribution in [2.24, 2.45) is 7.05 Å².